The monoisotopic (exact) mass is 396 g/mol. The summed E-state index contributed by atoms with van der Waals surface area (Å²) in [6, 6.07) is 12.5. The summed E-state index contributed by atoms with van der Waals surface area (Å²) in [5, 5.41) is 9.09. The van der Waals surface area contributed by atoms with E-state index >= 15 is 0 Å². The molecular formula is C21H24N4O4. The molecule has 29 heavy (non-hydrogen) atoms. The second-order valence-electron chi connectivity index (χ2n) is 7.04. The fourth-order valence-corrected chi connectivity index (χ4v) is 3.34. The Labute approximate surface area is 169 Å². The van der Waals surface area contributed by atoms with E-state index in [1.165, 1.54) is 12.1 Å². The first-order valence-corrected chi connectivity index (χ1v) is 9.41. The minimum atomic E-state index is -1.07. The number of hydrogen-bond acceptors (Lipinski definition) is 4. The topological polar surface area (TPSA) is 94.1 Å². The number of piperazine rings is 1. The van der Waals surface area contributed by atoms with Crippen molar-refractivity contribution in [2.45, 2.75) is 13.5 Å². The molecule has 1 aliphatic heterocycles. The van der Waals surface area contributed by atoms with Gasteiger partial charge >= 0.3 is 12.0 Å². The van der Waals surface area contributed by atoms with Gasteiger partial charge in [0, 0.05) is 39.8 Å². The number of carboxylic acids is 1. The molecule has 0 bridgehead atoms. The Morgan fingerprint density at radius 2 is 1.62 bits per heavy atom. The second-order valence-corrected chi connectivity index (χ2v) is 7.04. The van der Waals surface area contributed by atoms with Crippen LogP contribution in [0.2, 0.25) is 0 Å². The molecule has 0 radical (unpaired) electrons. The number of pyridine rings is 1. The SMILES string of the molecule is Cc1nc(C(=O)N2CCN(C(=O)N(C)Cc3ccccc3)CC2)ccc1C(=O)O. The molecular weight excluding hydrogens is 372 g/mol. The lowest BCUT2D eigenvalue weighted by atomic mass is 10.1. The Hall–Kier alpha value is -3.42. The molecule has 1 fully saturated rings. The molecule has 3 rings (SSSR count). The van der Waals surface area contributed by atoms with Crippen LogP contribution in [0.5, 0.6) is 0 Å². The van der Waals surface area contributed by atoms with Crippen LogP contribution in [-0.4, -0.2) is 75.9 Å². The zero-order valence-corrected chi connectivity index (χ0v) is 16.5. The number of carbonyl (C=O) groups is 3. The molecule has 0 atom stereocenters. The number of amides is 3. The fraction of sp³-hybridized carbons (Fsp3) is 0.333. The summed E-state index contributed by atoms with van der Waals surface area (Å²) in [6.07, 6.45) is 0. The highest BCUT2D eigenvalue weighted by Gasteiger charge is 2.27. The van der Waals surface area contributed by atoms with Gasteiger partial charge in [-0.2, -0.15) is 0 Å². The van der Waals surface area contributed by atoms with Crippen molar-refractivity contribution in [1.82, 2.24) is 19.7 Å². The lowest BCUT2D eigenvalue weighted by Crippen LogP contribution is -2.53. The molecule has 152 valence electrons. The molecule has 3 amide bonds. The predicted molar refractivity (Wildman–Crippen MR) is 107 cm³/mol. The van der Waals surface area contributed by atoms with Crippen LogP contribution in [0.1, 0.15) is 32.1 Å². The van der Waals surface area contributed by atoms with Gasteiger partial charge in [0.05, 0.1) is 11.3 Å². The van der Waals surface area contributed by atoms with Gasteiger partial charge in [-0.3, -0.25) is 4.79 Å². The minimum absolute atomic E-state index is 0.0688. The van der Waals surface area contributed by atoms with Crippen molar-refractivity contribution in [3.63, 3.8) is 0 Å². The molecule has 2 aromatic rings. The van der Waals surface area contributed by atoms with Gasteiger partial charge in [0.25, 0.3) is 5.91 Å². The summed E-state index contributed by atoms with van der Waals surface area (Å²) in [6.45, 7) is 3.79. The van der Waals surface area contributed by atoms with Crippen molar-refractivity contribution in [2.75, 3.05) is 33.2 Å². The van der Waals surface area contributed by atoms with Crippen LogP contribution in [0, 0.1) is 6.92 Å². The van der Waals surface area contributed by atoms with E-state index in [-0.39, 0.29) is 23.2 Å². The molecule has 8 nitrogen and oxygen atoms in total. The fourth-order valence-electron chi connectivity index (χ4n) is 3.34. The first-order chi connectivity index (χ1) is 13.9. The van der Waals surface area contributed by atoms with Crippen LogP contribution in [0.25, 0.3) is 0 Å². The first kappa shape index (κ1) is 20.3. The molecule has 1 N–H and O–H groups in total. The maximum Gasteiger partial charge on any atom is 0.337 e. The van der Waals surface area contributed by atoms with Crippen LogP contribution in [0.15, 0.2) is 42.5 Å². The smallest absolute Gasteiger partial charge is 0.337 e. The molecule has 0 saturated carbocycles. The van der Waals surface area contributed by atoms with E-state index in [0.717, 1.165) is 5.56 Å². The average molecular weight is 396 g/mol. The highest BCUT2D eigenvalue weighted by atomic mass is 16.4. The van der Waals surface area contributed by atoms with E-state index < -0.39 is 5.97 Å². The summed E-state index contributed by atoms with van der Waals surface area (Å²) in [7, 11) is 1.77. The number of carboxylic acid groups (broad SMARTS) is 1. The summed E-state index contributed by atoms with van der Waals surface area (Å²) >= 11 is 0. The van der Waals surface area contributed by atoms with Crippen molar-refractivity contribution in [3.8, 4) is 0 Å². The number of aromatic carboxylic acids is 1. The van der Waals surface area contributed by atoms with E-state index in [4.69, 9.17) is 5.11 Å². The number of carbonyl (C=O) groups excluding carboxylic acids is 2. The van der Waals surface area contributed by atoms with Crippen LogP contribution in [-0.2, 0) is 6.54 Å². The summed E-state index contributed by atoms with van der Waals surface area (Å²) < 4.78 is 0. The highest BCUT2D eigenvalue weighted by Crippen LogP contribution is 2.13. The summed E-state index contributed by atoms with van der Waals surface area (Å²) in [4.78, 5) is 45.6. The van der Waals surface area contributed by atoms with E-state index in [1.54, 1.807) is 28.7 Å². The van der Waals surface area contributed by atoms with Crippen LogP contribution >= 0.6 is 0 Å². The molecule has 0 unspecified atom stereocenters. The van der Waals surface area contributed by atoms with Crippen molar-refractivity contribution in [3.05, 3.63) is 65.0 Å². The predicted octanol–water partition coefficient (Wildman–Crippen LogP) is 2.10. The van der Waals surface area contributed by atoms with Crippen LogP contribution < -0.4 is 0 Å². The van der Waals surface area contributed by atoms with Gasteiger partial charge in [-0.25, -0.2) is 14.6 Å². The highest BCUT2D eigenvalue weighted by molar-refractivity contribution is 5.94. The van der Waals surface area contributed by atoms with Crippen molar-refractivity contribution in [2.24, 2.45) is 0 Å². The third-order valence-electron chi connectivity index (χ3n) is 4.96. The third kappa shape index (κ3) is 4.71. The van der Waals surface area contributed by atoms with Crippen molar-refractivity contribution in [1.29, 1.82) is 0 Å². The van der Waals surface area contributed by atoms with Crippen LogP contribution in [0.4, 0.5) is 4.79 Å². The Bertz CT molecular complexity index is 908. The summed E-state index contributed by atoms with van der Waals surface area (Å²) in [5.74, 6) is -1.32. The molecule has 1 saturated heterocycles. The molecule has 1 aromatic carbocycles. The normalized spacial score (nSPS) is 13.9. The second kappa shape index (κ2) is 8.72. The molecule has 8 heteroatoms. The molecule has 1 aliphatic rings. The maximum absolute atomic E-state index is 12.7. The Morgan fingerprint density at radius 3 is 2.21 bits per heavy atom. The van der Waals surface area contributed by atoms with Crippen molar-refractivity contribution >= 4 is 17.9 Å². The van der Waals surface area contributed by atoms with Gasteiger partial charge < -0.3 is 19.8 Å². The lowest BCUT2D eigenvalue weighted by Gasteiger charge is -2.36. The Kier molecular flexibility index (Phi) is 6.11. The molecule has 0 aliphatic carbocycles. The third-order valence-corrected chi connectivity index (χ3v) is 4.96. The Morgan fingerprint density at radius 1 is 1.00 bits per heavy atom. The van der Waals surface area contributed by atoms with Crippen LogP contribution in [0.3, 0.4) is 0 Å². The van der Waals surface area contributed by atoms with E-state index in [1.807, 2.05) is 30.3 Å². The molecule has 0 spiro atoms. The Balaban J connectivity index is 1.57. The van der Waals surface area contributed by atoms with E-state index in [2.05, 4.69) is 4.98 Å². The largest absolute Gasteiger partial charge is 0.478 e. The quantitative estimate of drug-likeness (QED) is 0.854. The number of urea groups is 1. The van der Waals surface area contributed by atoms with Crippen molar-refractivity contribution < 1.29 is 19.5 Å². The maximum atomic E-state index is 12.7. The van der Waals surface area contributed by atoms with Gasteiger partial charge in [0.15, 0.2) is 0 Å². The zero-order valence-electron chi connectivity index (χ0n) is 16.5. The standard InChI is InChI=1S/C21H24N4O4/c1-15-17(20(27)28)8-9-18(22-15)19(26)24-10-12-25(13-11-24)21(29)23(2)14-16-6-4-3-5-7-16/h3-9H,10-14H2,1-2H3,(H,27,28). The minimum Gasteiger partial charge on any atom is -0.478 e. The number of aromatic nitrogens is 1. The van der Waals surface area contributed by atoms with Gasteiger partial charge in [-0.1, -0.05) is 30.3 Å². The molecule has 1 aromatic heterocycles. The number of aryl methyl sites for hydroxylation is 1. The van der Waals surface area contributed by atoms with E-state index in [0.29, 0.717) is 38.4 Å². The lowest BCUT2D eigenvalue weighted by molar-refractivity contribution is 0.0635. The number of rotatable bonds is 4. The average Bonchev–Trinajstić information content (AvgIpc) is 2.73. The first-order valence-electron chi connectivity index (χ1n) is 9.41. The van der Waals surface area contributed by atoms with Gasteiger partial charge in [-0.05, 0) is 24.6 Å². The van der Waals surface area contributed by atoms with Gasteiger partial charge in [0.2, 0.25) is 0 Å². The number of hydrogen-bond donors (Lipinski definition) is 1. The zero-order chi connectivity index (χ0) is 21.0. The van der Waals surface area contributed by atoms with Gasteiger partial charge in [0.1, 0.15) is 5.69 Å². The van der Waals surface area contributed by atoms with Gasteiger partial charge in [-0.15, -0.1) is 0 Å². The van der Waals surface area contributed by atoms with E-state index in [9.17, 15) is 14.4 Å². The number of nitrogens with zero attached hydrogens (tertiary/aromatic N) is 4. The molecule has 2 heterocycles. The number of benzene rings is 1. The summed E-state index contributed by atoms with van der Waals surface area (Å²) in [5.41, 5.74) is 1.66.